The van der Waals surface area contributed by atoms with Crippen LogP contribution in [0.4, 0.5) is 4.39 Å². The molecule has 0 saturated heterocycles. The molecule has 1 atom stereocenters. The van der Waals surface area contributed by atoms with Gasteiger partial charge in [0.1, 0.15) is 5.82 Å². The molecule has 0 aliphatic rings. The number of hydrogen-bond donors (Lipinski definition) is 1. The lowest BCUT2D eigenvalue weighted by Gasteiger charge is -2.17. The van der Waals surface area contributed by atoms with E-state index >= 15 is 0 Å². The van der Waals surface area contributed by atoms with Crippen molar-refractivity contribution in [3.05, 3.63) is 53.1 Å². The summed E-state index contributed by atoms with van der Waals surface area (Å²) in [4.78, 5) is 0. The predicted molar refractivity (Wildman–Crippen MR) is 69.9 cm³/mol. The van der Waals surface area contributed by atoms with Crippen molar-refractivity contribution in [2.45, 2.75) is 19.9 Å². The molecule has 0 aliphatic carbocycles. The normalized spacial score (nSPS) is 12.7. The summed E-state index contributed by atoms with van der Waals surface area (Å²) >= 11 is 0. The summed E-state index contributed by atoms with van der Waals surface area (Å²) in [5.74, 6) is -0.197. The Bertz CT molecular complexity index is 513. The number of halogens is 1. The minimum atomic E-state index is -0.197. The highest BCUT2D eigenvalue weighted by molar-refractivity contribution is 5.32. The van der Waals surface area contributed by atoms with E-state index in [4.69, 9.17) is 0 Å². The molecule has 0 bridgehead atoms. The molecule has 0 radical (unpaired) electrons. The van der Waals surface area contributed by atoms with Crippen LogP contribution in [-0.4, -0.2) is 16.3 Å². The zero-order chi connectivity index (χ0) is 13.1. The van der Waals surface area contributed by atoms with E-state index in [1.807, 2.05) is 39.4 Å². The van der Waals surface area contributed by atoms with E-state index in [0.29, 0.717) is 0 Å². The molecule has 0 saturated carbocycles. The van der Waals surface area contributed by atoms with Crippen molar-refractivity contribution in [3.63, 3.8) is 0 Å². The highest BCUT2D eigenvalue weighted by Gasteiger charge is 2.15. The van der Waals surface area contributed by atoms with Gasteiger partial charge in [-0.2, -0.15) is 5.10 Å². The zero-order valence-electron chi connectivity index (χ0n) is 10.9. The topological polar surface area (TPSA) is 29.9 Å². The van der Waals surface area contributed by atoms with Crippen molar-refractivity contribution in [3.8, 4) is 0 Å². The molecule has 1 aromatic heterocycles. The van der Waals surface area contributed by atoms with E-state index in [1.54, 1.807) is 10.7 Å². The van der Waals surface area contributed by atoms with Gasteiger partial charge in [-0.05, 0) is 36.7 Å². The molecule has 3 nitrogen and oxygen atoms in total. The Kier molecular flexibility index (Phi) is 3.77. The molecule has 0 amide bonds. The molecular weight excluding hydrogens is 229 g/mol. The van der Waals surface area contributed by atoms with Crippen LogP contribution in [0.5, 0.6) is 0 Å². The van der Waals surface area contributed by atoms with Gasteiger partial charge in [0, 0.05) is 18.8 Å². The minimum Gasteiger partial charge on any atom is -0.306 e. The molecule has 2 rings (SSSR count). The number of aryl methyl sites for hydroxylation is 2. The fraction of sp³-hybridized carbons (Fsp3) is 0.357. The Morgan fingerprint density at radius 2 is 2.11 bits per heavy atom. The average Bonchev–Trinajstić information content (AvgIpc) is 2.71. The third-order valence-corrected chi connectivity index (χ3v) is 2.86. The van der Waals surface area contributed by atoms with Crippen LogP contribution in [0.25, 0.3) is 0 Å². The van der Waals surface area contributed by atoms with Crippen LogP contribution in [-0.2, 0) is 7.05 Å². The number of hydrogen-bond acceptors (Lipinski definition) is 2. The van der Waals surface area contributed by atoms with E-state index < -0.39 is 0 Å². The Morgan fingerprint density at radius 3 is 2.67 bits per heavy atom. The smallest absolute Gasteiger partial charge is 0.123 e. The maximum Gasteiger partial charge on any atom is 0.123 e. The first-order chi connectivity index (χ1) is 8.60. The van der Waals surface area contributed by atoms with Gasteiger partial charge in [0.25, 0.3) is 0 Å². The largest absolute Gasteiger partial charge is 0.306 e. The van der Waals surface area contributed by atoms with Gasteiger partial charge in [-0.15, -0.1) is 0 Å². The summed E-state index contributed by atoms with van der Waals surface area (Å²) in [7, 11) is 1.88. The molecule has 4 heteroatoms. The molecule has 0 fully saturated rings. The first-order valence-corrected chi connectivity index (χ1v) is 6.09. The van der Waals surface area contributed by atoms with Gasteiger partial charge in [0.05, 0.1) is 12.2 Å². The van der Waals surface area contributed by atoms with Crippen molar-refractivity contribution in [1.29, 1.82) is 0 Å². The number of nitrogens with zero attached hydrogens (tertiary/aromatic N) is 2. The van der Waals surface area contributed by atoms with Gasteiger partial charge in [0.2, 0.25) is 0 Å². The van der Waals surface area contributed by atoms with E-state index in [0.717, 1.165) is 23.2 Å². The second kappa shape index (κ2) is 5.31. The molecule has 0 aliphatic heterocycles. The van der Waals surface area contributed by atoms with Crippen LogP contribution >= 0.6 is 0 Å². The van der Waals surface area contributed by atoms with E-state index in [-0.39, 0.29) is 11.9 Å². The lowest BCUT2D eigenvalue weighted by Crippen LogP contribution is -2.21. The van der Waals surface area contributed by atoms with Crippen LogP contribution < -0.4 is 5.32 Å². The molecule has 1 unspecified atom stereocenters. The van der Waals surface area contributed by atoms with Crippen LogP contribution in [0, 0.1) is 12.7 Å². The second-order valence-electron chi connectivity index (χ2n) is 4.50. The van der Waals surface area contributed by atoms with Gasteiger partial charge < -0.3 is 5.32 Å². The van der Waals surface area contributed by atoms with E-state index in [2.05, 4.69) is 10.4 Å². The fourth-order valence-electron chi connectivity index (χ4n) is 2.15. The Balaban J connectivity index is 2.40. The molecule has 0 spiro atoms. The average molecular weight is 247 g/mol. The van der Waals surface area contributed by atoms with Crippen molar-refractivity contribution in [2.24, 2.45) is 7.05 Å². The van der Waals surface area contributed by atoms with Crippen LogP contribution in [0.15, 0.2) is 30.6 Å². The Morgan fingerprint density at radius 1 is 1.33 bits per heavy atom. The third-order valence-electron chi connectivity index (χ3n) is 2.86. The minimum absolute atomic E-state index is 0.0156. The summed E-state index contributed by atoms with van der Waals surface area (Å²) in [5, 5.41) is 7.54. The van der Waals surface area contributed by atoms with Crippen LogP contribution in [0.1, 0.15) is 29.7 Å². The number of rotatable bonds is 4. The maximum atomic E-state index is 13.5. The highest BCUT2D eigenvalue weighted by atomic mass is 19.1. The van der Waals surface area contributed by atoms with Crippen LogP contribution in [0.3, 0.4) is 0 Å². The van der Waals surface area contributed by atoms with Gasteiger partial charge in [-0.3, -0.25) is 4.68 Å². The summed E-state index contributed by atoms with van der Waals surface area (Å²) in [6, 6.07) is 5.10. The number of nitrogens with one attached hydrogen (secondary N) is 1. The third kappa shape index (κ3) is 2.76. The molecule has 96 valence electrons. The molecule has 2 aromatic rings. The summed E-state index contributed by atoms with van der Waals surface area (Å²) < 4.78 is 15.3. The fourth-order valence-corrected chi connectivity index (χ4v) is 2.15. The first-order valence-electron chi connectivity index (χ1n) is 6.09. The van der Waals surface area contributed by atoms with Gasteiger partial charge in [-0.1, -0.05) is 13.0 Å². The van der Waals surface area contributed by atoms with Gasteiger partial charge in [0.15, 0.2) is 0 Å². The lowest BCUT2D eigenvalue weighted by molar-refractivity contribution is 0.601. The quantitative estimate of drug-likeness (QED) is 0.900. The monoisotopic (exact) mass is 247 g/mol. The van der Waals surface area contributed by atoms with E-state index in [9.17, 15) is 4.39 Å². The molecule has 18 heavy (non-hydrogen) atoms. The predicted octanol–water partition coefficient (Wildman–Crippen LogP) is 2.57. The maximum absolute atomic E-state index is 13.5. The highest BCUT2D eigenvalue weighted by Crippen LogP contribution is 2.23. The van der Waals surface area contributed by atoms with Crippen molar-refractivity contribution in [1.82, 2.24) is 15.1 Å². The first kappa shape index (κ1) is 12.8. The zero-order valence-corrected chi connectivity index (χ0v) is 10.9. The molecule has 1 heterocycles. The van der Waals surface area contributed by atoms with Crippen molar-refractivity contribution < 1.29 is 4.39 Å². The summed E-state index contributed by atoms with van der Waals surface area (Å²) in [5.41, 5.74) is 2.91. The van der Waals surface area contributed by atoms with Crippen molar-refractivity contribution >= 4 is 0 Å². The Hall–Kier alpha value is -1.68. The van der Waals surface area contributed by atoms with Crippen LogP contribution in [0.2, 0.25) is 0 Å². The SMILES string of the molecule is CCNC(c1cc(C)cc(F)c1)c1cnn(C)c1. The lowest BCUT2D eigenvalue weighted by atomic mass is 9.99. The molecule has 1 aromatic carbocycles. The van der Waals surface area contributed by atoms with Crippen molar-refractivity contribution in [2.75, 3.05) is 6.54 Å². The number of benzene rings is 1. The standard InChI is InChI=1S/C14H18FN3/c1-4-16-14(12-8-17-18(3)9-12)11-5-10(2)6-13(15)7-11/h5-9,14,16H,4H2,1-3H3. The number of aromatic nitrogens is 2. The second-order valence-corrected chi connectivity index (χ2v) is 4.50. The molecular formula is C14H18FN3. The van der Waals surface area contributed by atoms with Gasteiger partial charge >= 0.3 is 0 Å². The van der Waals surface area contributed by atoms with Gasteiger partial charge in [-0.25, -0.2) is 4.39 Å². The summed E-state index contributed by atoms with van der Waals surface area (Å²) in [6.45, 7) is 4.75. The molecule has 1 N–H and O–H groups in total. The summed E-state index contributed by atoms with van der Waals surface area (Å²) in [6.07, 6.45) is 3.77. The Labute approximate surface area is 107 Å². The van der Waals surface area contributed by atoms with E-state index in [1.165, 1.54) is 6.07 Å².